The fourth-order valence-electron chi connectivity index (χ4n) is 1.02. The van der Waals surface area contributed by atoms with Gasteiger partial charge in [-0.25, -0.2) is 0 Å². The average molecular weight is 202 g/mol. The molecule has 0 aliphatic carbocycles. The fourth-order valence-corrected chi connectivity index (χ4v) is 1.02. The summed E-state index contributed by atoms with van der Waals surface area (Å²) in [6.45, 7) is 5.28. The number of hydrogen-bond acceptors (Lipinski definition) is 4. The Hall–Kier alpha value is -1.06. The maximum absolute atomic E-state index is 11.2. The van der Waals surface area contributed by atoms with Gasteiger partial charge in [-0.2, -0.15) is 0 Å². The predicted molar refractivity (Wildman–Crippen MR) is 51.7 cm³/mol. The van der Waals surface area contributed by atoms with Crippen LogP contribution in [0.3, 0.4) is 0 Å². The molecule has 0 aromatic rings. The van der Waals surface area contributed by atoms with Crippen molar-refractivity contribution in [2.24, 2.45) is 0 Å². The summed E-state index contributed by atoms with van der Waals surface area (Å²) in [5, 5.41) is 0. The molecule has 0 rings (SSSR count). The highest BCUT2D eigenvalue weighted by Crippen LogP contribution is 2.16. The van der Waals surface area contributed by atoms with Gasteiger partial charge < -0.3 is 9.47 Å². The second kappa shape index (κ2) is 5.62. The molecule has 0 radical (unpaired) electrons. The molecule has 0 spiro atoms. The Morgan fingerprint density at radius 2 is 1.79 bits per heavy atom. The van der Waals surface area contributed by atoms with Gasteiger partial charge in [0.2, 0.25) is 0 Å². The standard InChI is InChI=1S/C10H18O4/c1-5-6-8(11)14-10(2,3)7-9(12)13-4/h5-7H2,1-4H3. The number of methoxy groups -OCH3 is 1. The Balaban J connectivity index is 4.05. The molecule has 0 aliphatic heterocycles. The van der Waals surface area contributed by atoms with E-state index in [1.807, 2.05) is 6.92 Å². The first kappa shape index (κ1) is 12.9. The molecule has 0 N–H and O–H groups in total. The van der Waals surface area contributed by atoms with Gasteiger partial charge in [-0.1, -0.05) is 6.92 Å². The van der Waals surface area contributed by atoms with E-state index in [1.54, 1.807) is 13.8 Å². The maximum atomic E-state index is 11.2. The van der Waals surface area contributed by atoms with Crippen LogP contribution in [-0.2, 0) is 19.1 Å². The van der Waals surface area contributed by atoms with Crippen LogP contribution in [0.25, 0.3) is 0 Å². The summed E-state index contributed by atoms with van der Waals surface area (Å²) in [6.07, 6.45) is 1.21. The van der Waals surface area contributed by atoms with E-state index in [2.05, 4.69) is 4.74 Å². The van der Waals surface area contributed by atoms with Crippen LogP contribution in [-0.4, -0.2) is 24.6 Å². The van der Waals surface area contributed by atoms with Crippen molar-refractivity contribution in [3.63, 3.8) is 0 Å². The second-order valence-corrected chi connectivity index (χ2v) is 3.74. The first-order valence-corrected chi connectivity index (χ1v) is 4.70. The predicted octanol–water partition coefficient (Wildman–Crippen LogP) is 1.67. The molecule has 82 valence electrons. The van der Waals surface area contributed by atoms with Crippen molar-refractivity contribution in [1.29, 1.82) is 0 Å². The smallest absolute Gasteiger partial charge is 0.309 e. The quantitative estimate of drug-likeness (QED) is 0.636. The van der Waals surface area contributed by atoms with Crippen molar-refractivity contribution >= 4 is 11.9 Å². The van der Waals surface area contributed by atoms with E-state index in [4.69, 9.17) is 4.74 Å². The second-order valence-electron chi connectivity index (χ2n) is 3.74. The van der Waals surface area contributed by atoms with E-state index in [-0.39, 0.29) is 18.4 Å². The van der Waals surface area contributed by atoms with E-state index in [0.29, 0.717) is 6.42 Å². The number of rotatable bonds is 5. The van der Waals surface area contributed by atoms with E-state index >= 15 is 0 Å². The van der Waals surface area contributed by atoms with Gasteiger partial charge in [-0.05, 0) is 20.3 Å². The van der Waals surface area contributed by atoms with Crippen molar-refractivity contribution in [2.75, 3.05) is 7.11 Å². The zero-order valence-electron chi connectivity index (χ0n) is 9.25. The molecule has 0 saturated carbocycles. The van der Waals surface area contributed by atoms with Crippen LogP contribution in [0.15, 0.2) is 0 Å². The molecule has 0 unspecified atom stereocenters. The molecule has 0 bridgehead atoms. The fraction of sp³-hybridized carbons (Fsp3) is 0.800. The minimum Gasteiger partial charge on any atom is -0.469 e. The maximum Gasteiger partial charge on any atom is 0.309 e. The summed E-state index contributed by atoms with van der Waals surface area (Å²) in [5.41, 5.74) is -0.778. The molecule has 0 aliphatic rings. The highest BCUT2D eigenvalue weighted by atomic mass is 16.6. The minimum absolute atomic E-state index is 0.0823. The largest absolute Gasteiger partial charge is 0.469 e. The Labute approximate surface area is 84.6 Å². The number of ether oxygens (including phenoxy) is 2. The van der Waals surface area contributed by atoms with E-state index in [9.17, 15) is 9.59 Å². The summed E-state index contributed by atoms with van der Waals surface area (Å²) in [5.74, 6) is -0.652. The van der Waals surface area contributed by atoms with Crippen LogP contribution in [0, 0.1) is 0 Å². The Kier molecular flexibility index (Phi) is 5.20. The minimum atomic E-state index is -0.778. The van der Waals surface area contributed by atoms with Crippen LogP contribution in [0.2, 0.25) is 0 Å². The number of carbonyl (C=O) groups excluding carboxylic acids is 2. The third-order valence-electron chi connectivity index (χ3n) is 1.64. The zero-order chi connectivity index (χ0) is 11.2. The average Bonchev–Trinajstić information content (AvgIpc) is 2.02. The lowest BCUT2D eigenvalue weighted by Gasteiger charge is -2.23. The molecule has 0 amide bonds. The normalized spacial score (nSPS) is 10.9. The van der Waals surface area contributed by atoms with Crippen LogP contribution >= 0.6 is 0 Å². The van der Waals surface area contributed by atoms with Crippen LogP contribution in [0.4, 0.5) is 0 Å². The van der Waals surface area contributed by atoms with E-state index in [0.717, 1.165) is 6.42 Å². The lowest BCUT2D eigenvalue weighted by atomic mass is 10.1. The lowest BCUT2D eigenvalue weighted by Crippen LogP contribution is -2.31. The highest BCUT2D eigenvalue weighted by Gasteiger charge is 2.26. The van der Waals surface area contributed by atoms with Crippen LogP contribution in [0.1, 0.15) is 40.0 Å². The van der Waals surface area contributed by atoms with Gasteiger partial charge in [0.05, 0.1) is 13.5 Å². The molecule has 14 heavy (non-hydrogen) atoms. The number of hydrogen-bond donors (Lipinski definition) is 0. The van der Waals surface area contributed by atoms with Gasteiger partial charge in [0, 0.05) is 6.42 Å². The topological polar surface area (TPSA) is 52.6 Å². The molecular weight excluding hydrogens is 184 g/mol. The number of carbonyl (C=O) groups is 2. The zero-order valence-corrected chi connectivity index (χ0v) is 9.25. The van der Waals surface area contributed by atoms with Crippen molar-refractivity contribution in [1.82, 2.24) is 0 Å². The first-order valence-electron chi connectivity index (χ1n) is 4.70. The van der Waals surface area contributed by atoms with Gasteiger partial charge in [0.15, 0.2) is 0 Å². The third kappa shape index (κ3) is 5.56. The molecule has 0 fully saturated rings. The Morgan fingerprint density at radius 1 is 1.21 bits per heavy atom. The summed E-state index contributed by atoms with van der Waals surface area (Å²) in [7, 11) is 1.31. The summed E-state index contributed by atoms with van der Waals surface area (Å²) >= 11 is 0. The Bertz CT molecular complexity index is 208. The van der Waals surface area contributed by atoms with Crippen molar-refractivity contribution in [2.45, 2.75) is 45.6 Å². The van der Waals surface area contributed by atoms with E-state index in [1.165, 1.54) is 7.11 Å². The molecule has 4 nitrogen and oxygen atoms in total. The lowest BCUT2D eigenvalue weighted by molar-refractivity contribution is -0.162. The molecule has 4 heteroatoms. The molecule has 0 saturated heterocycles. The highest BCUT2D eigenvalue weighted by molar-refractivity contribution is 5.73. The van der Waals surface area contributed by atoms with Gasteiger partial charge in [-0.3, -0.25) is 9.59 Å². The van der Waals surface area contributed by atoms with Gasteiger partial charge in [0.1, 0.15) is 5.60 Å². The third-order valence-corrected chi connectivity index (χ3v) is 1.64. The summed E-state index contributed by atoms with van der Waals surface area (Å²) < 4.78 is 9.61. The summed E-state index contributed by atoms with van der Waals surface area (Å²) in [6, 6.07) is 0. The van der Waals surface area contributed by atoms with Gasteiger partial charge >= 0.3 is 11.9 Å². The molecule has 0 heterocycles. The van der Waals surface area contributed by atoms with Crippen LogP contribution < -0.4 is 0 Å². The van der Waals surface area contributed by atoms with Crippen molar-refractivity contribution < 1.29 is 19.1 Å². The molecule has 0 aromatic carbocycles. The van der Waals surface area contributed by atoms with Gasteiger partial charge in [0.25, 0.3) is 0 Å². The molecule has 0 atom stereocenters. The van der Waals surface area contributed by atoms with Gasteiger partial charge in [-0.15, -0.1) is 0 Å². The first-order chi connectivity index (χ1) is 6.41. The summed E-state index contributed by atoms with van der Waals surface area (Å²) in [4.78, 5) is 22.1. The van der Waals surface area contributed by atoms with E-state index < -0.39 is 5.60 Å². The number of esters is 2. The van der Waals surface area contributed by atoms with Crippen molar-refractivity contribution in [3.8, 4) is 0 Å². The Morgan fingerprint density at radius 3 is 2.21 bits per heavy atom. The van der Waals surface area contributed by atoms with Crippen LogP contribution in [0.5, 0.6) is 0 Å². The molecular formula is C10H18O4. The SMILES string of the molecule is CCCC(=O)OC(C)(C)CC(=O)OC. The molecule has 0 aromatic heterocycles. The van der Waals surface area contributed by atoms with Crippen molar-refractivity contribution in [3.05, 3.63) is 0 Å². The monoisotopic (exact) mass is 202 g/mol.